The van der Waals surface area contributed by atoms with Gasteiger partial charge in [-0.2, -0.15) is 0 Å². The fourth-order valence-electron chi connectivity index (χ4n) is 6.23. The number of Topliss-reactive ketones (excluding diaryl/α,β-unsaturated/α-hetero) is 1. The van der Waals surface area contributed by atoms with Crippen LogP contribution < -0.4 is 5.32 Å². The van der Waals surface area contributed by atoms with Crippen LogP contribution in [0, 0.1) is 11.7 Å². The minimum atomic E-state index is -0.152. The third-order valence-electron chi connectivity index (χ3n) is 8.01. The number of ketones is 1. The quantitative estimate of drug-likeness (QED) is 0.631. The van der Waals surface area contributed by atoms with Crippen LogP contribution in [0.5, 0.6) is 0 Å². The number of rotatable bonds is 5. The summed E-state index contributed by atoms with van der Waals surface area (Å²) in [7, 11) is 0. The summed E-state index contributed by atoms with van der Waals surface area (Å²) in [6.45, 7) is 1.81. The highest BCUT2D eigenvalue weighted by atomic mass is 19.1. The molecule has 5 rings (SSSR count). The molecule has 0 bridgehead atoms. The van der Waals surface area contributed by atoms with Crippen molar-refractivity contribution in [2.45, 2.75) is 75.8 Å². The molecule has 3 nitrogen and oxygen atoms in total. The first-order valence-electron chi connectivity index (χ1n) is 12.6. The number of para-hydroxylation sites is 1. The van der Waals surface area contributed by atoms with E-state index in [0.29, 0.717) is 11.7 Å². The first kappa shape index (κ1) is 21.6. The lowest BCUT2D eigenvalue weighted by molar-refractivity contribution is -0.130. The van der Waals surface area contributed by atoms with Crippen molar-refractivity contribution in [2.24, 2.45) is 5.92 Å². The standard InChI is InChI=1S/C28H35FN2O/c29-24-11-6-10-23(19-24)20-15-17-31(18-16-20)27(28(32)22-8-2-1-3-9-22)26-14-13-21-7-4-5-12-25(21)30-26/h4-7,10-12,19-20,22,26-27,30H,1-3,8-9,13-18H2. The maximum atomic E-state index is 13.9. The molecular formula is C28H35FN2O. The number of halogens is 1. The first-order chi connectivity index (χ1) is 15.7. The van der Waals surface area contributed by atoms with E-state index in [4.69, 9.17) is 0 Å². The first-order valence-corrected chi connectivity index (χ1v) is 12.6. The maximum absolute atomic E-state index is 13.9. The van der Waals surface area contributed by atoms with Gasteiger partial charge < -0.3 is 5.32 Å². The number of nitrogens with zero attached hydrogens (tertiary/aromatic N) is 1. The molecule has 1 saturated carbocycles. The predicted octanol–water partition coefficient (Wildman–Crippen LogP) is 5.95. The summed E-state index contributed by atoms with van der Waals surface area (Å²) >= 11 is 0. The Balaban J connectivity index is 1.34. The molecule has 2 aromatic rings. The van der Waals surface area contributed by atoms with Crippen molar-refractivity contribution in [1.82, 2.24) is 4.90 Å². The molecule has 2 atom stereocenters. The fourth-order valence-corrected chi connectivity index (χ4v) is 6.23. The highest BCUT2D eigenvalue weighted by molar-refractivity contribution is 5.88. The highest BCUT2D eigenvalue weighted by Gasteiger charge is 2.40. The number of likely N-dealkylation sites (tertiary alicyclic amines) is 1. The Labute approximate surface area is 191 Å². The number of piperidine rings is 1. The Hall–Kier alpha value is -2.20. The number of fused-ring (bicyclic) bond motifs is 1. The van der Waals surface area contributed by atoms with Gasteiger partial charge in [-0.3, -0.25) is 9.69 Å². The number of anilines is 1. The fraction of sp³-hybridized carbons (Fsp3) is 0.536. The smallest absolute Gasteiger partial charge is 0.155 e. The molecule has 4 heteroatoms. The number of hydrogen-bond acceptors (Lipinski definition) is 3. The SMILES string of the molecule is O=C(C1CCCCC1)C(C1CCc2ccccc2N1)N1CCC(c2cccc(F)c2)CC1. The zero-order valence-electron chi connectivity index (χ0n) is 18.9. The average Bonchev–Trinajstić information content (AvgIpc) is 2.85. The second kappa shape index (κ2) is 9.74. The summed E-state index contributed by atoms with van der Waals surface area (Å²) in [4.78, 5) is 16.3. The summed E-state index contributed by atoms with van der Waals surface area (Å²) < 4.78 is 13.7. The summed E-state index contributed by atoms with van der Waals surface area (Å²) in [5.41, 5.74) is 3.65. The Bertz CT molecular complexity index is 931. The number of benzene rings is 2. The van der Waals surface area contributed by atoms with Gasteiger partial charge in [0.05, 0.1) is 6.04 Å². The Morgan fingerprint density at radius 3 is 2.50 bits per heavy atom. The largest absolute Gasteiger partial charge is 0.380 e. The van der Waals surface area contributed by atoms with E-state index in [9.17, 15) is 9.18 Å². The van der Waals surface area contributed by atoms with Crippen LogP contribution in [0.1, 0.15) is 68.4 Å². The summed E-state index contributed by atoms with van der Waals surface area (Å²) in [5.74, 6) is 0.909. The van der Waals surface area contributed by atoms with Gasteiger partial charge in [-0.1, -0.05) is 49.6 Å². The van der Waals surface area contributed by atoms with Crippen LogP contribution in [0.4, 0.5) is 10.1 Å². The minimum absolute atomic E-state index is 0.0556. The van der Waals surface area contributed by atoms with E-state index in [0.717, 1.165) is 57.2 Å². The second-order valence-corrected chi connectivity index (χ2v) is 9.99. The van der Waals surface area contributed by atoms with Gasteiger partial charge in [0.25, 0.3) is 0 Å². The van der Waals surface area contributed by atoms with Gasteiger partial charge in [0.1, 0.15) is 5.82 Å². The third kappa shape index (κ3) is 4.61. The van der Waals surface area contributed by atoms with Crippen molar-refractivity contribution in [1.29, 1.82) is 0 Å². The molecule has 3 aliphatic rings. The zero-order chi connectivity index (χ0) is 21.9. The van der Waals surface area contributed by atoms with Gasteiger partial charge >= 0.3 is 0 Å². The molecule has 1 N–H and O–H groups in total. The van der Waals surface area contributed by atoms with Gasteiger partial charge in [-0.15, -0.1) is 0 Å². The Morgan fingerprint density at radius 1 is 0.938 bits per heavy atom. The normalized spacial score (nSPS) is 23.8. The maximum Gasteiger partial charge on any atom is 0.155 e. The van der Waals surface area contributed by atoms with Gasteiger partial charge in [0.15, 0.2) is 5.78 Å². The van der Waals surface area contributed by atoms with Crippen LogP contribution in [-0.4, -0.2) is 35.9 Å². The molecule has 2 aromatic carbocycles. The summed E-state index contributed by atoms with van der Waals surface area (Å²) in [6, 6.07) is 15.7. The van der Waals surface area contributed by atoms with Crippen LogP contribution in [0.3, 0.4) is 0 Å². The molecule has 1 saturated heterocycles. The van der Waals surface area contributed by atoms with Crippen LogP contribution in [0.2, 0.25) is 0 Å². The van der Waals surface area contributed by atoms with Crippen molar-refractivity contribution in [3.8, 4) is 0 Å². The van der Waals surface area contributed by atoms with Crippen LogP contribution in [0.15, 0.2) is 48.5 Å². The molecule has 170 valence electrons. The number of aryl methyl sites for hydroxylation is 1. The van der Waals surface area contributed by atoms with E-state index in [1.54, 1.807) is 6.07 Å². The minimum Gasteiger partial charge on any atom is -0.380 e. The number of hydrogen-bond donors (Lipinski definition) is 1. The number of carbonyl (C=O) groups excluding carboxylic acids is 1. The molecule has 0 radical (unpaired) electrons. The van der Waals surface area contributed by atoms with E-state index in [1.165, 1.54) is 36.6 Å². The Kier molecular flexibility index (Phi) is 6.59. The summed E-state index contributed by atoms with van der Waals surface area (Å²) in [5, 5.41) is 3.75. The molecule has 2 heterocycles. The Morgan fingerprint density at radius 2 is 1.72 bits per heavy atom. The van der Waals surface area contributed by atoms with Crippen molar-refractivity contribution < 1.29 is 9.18 Å². The monoisotopic (exact) mass is 434 g/mol. The van der Waals surface area contributed by atoms with Crippen LogP contribution >= 0.6 is 0 Å². The molecule has 0 amide bonds. The average molecular weight is 435 g/mol. The van der Waals surface area contributed by atoms with Crippen LogP contribution in [-0.2, 0) is 11.2 Å². The number of nitrogens with one attached hydrogen (secondary N) is 1. The highest BCUT2D eigenvalue weighted by Crippen LogP contribution is 2.35. The van der Waals surface area contributed by atoms with Crippen LogP contribution in [0.25, 0.3) is 0 Å². The molecular weight excluding hydrogens is 399 g/mol. The van der Waals surface area contributed by atoms with Crippen molar-refractivity contribution in [2.75, 3.05) is 18.4 Å². The van der Waals surface area contributed by atoms with Gasteiger partial charge in [0.2, 0.25) is 0 Å². The van der Waals surface area contributed by atoms with E-state index in [1.807, 2.05) is 12.1 Å². The predicted molar refractivity (Wildman–Crippen MR) is 127 cm³/mol. The lowest BCUT2D eigenvalue weighted by Crippen LogP contribution is -2.56. The molecule has 2 aliphatic heterocycles. The molecule has 2 unspecified atom stereocenters. The lowest BCUT2D eigenvalue weighted by atomic mass is 9.79. The summed E-state index contributed by atoms with van der Waals surface area (Å²) in [6.07, 6.45) is 9.76. The topological polar surface area (TPSA) is 32.3 Å². The van der Waals surface area contributed by atoms with Gasteiger partial charge in [0, 0.05) is 17.6 Å². The molecule has 0 aromatic heterocycles. The van der Waals surface area contributed by atoms with Gasteiger partial charge in [-0.25, -0.2) is 4.39 Å². The van der Waals surface area contributed by atoms with E-state index < -0.39 is 0 Å². The van der Waals surface area contributed by atoms with E-state index in [2.05, 4.69) is 34.5 Å². The van der Waals surface area contributed by atoms with Crippen molar-refractivity contribution in [3.05, 3.63) is 65.5 Å². The van der Waals surface area contributed by atoms with E-state index in [-0.39, 0.29) is 23.8 Å². The van der Waals surface area contributed by atoms with Crippen molar-refractivity contribution in [3.63, 3.8) is 0 Å². The zero-order valence-corrected chi connectivity index (χ0v) is 18.9. The molecule has 0 spiro atoms. The molecule has 32 heavy (non-hydrogen) atoms. The van der Waals surface area contributed by atoms with Gasteiger partial charge in [-0.05, 0) is 86.9 Å². The van der Waals surface area contributed by atoms with Crippen molar-refractivity contribution >= 4 is 11.5 Å². The van der Waals surface area contributed by atoms with E-state index >= 15 is 0 Å². The molecule has 2 fully saturated rings. The second-order valence-electron chi connectivity index (χ2n) is 9.99. The lowest BCUT2D eigenvalue weighted by Gasteiger charge is -2.43. The number of carbonyl (C=O) groups is 1. The molecule has 1 aliphatic carbocycles. The third-order valence-corrected chi connectivity index (χ3v) is 8.01.